The van der Waals surface area contributed by atoms with E-state index in [1.165, 1.54) is 15.4 Å². The van der Waals surface area contributed by atoms with Crippen LogP contribution in [0.1, 0.15) is 165 Å². The van der Waals surface area contributed by atoms with E-state index >= 15 is 0 Å². The number of allylic oxidation sites excluding steroid dienone is 3. The van der Waals surface area contributed by atoms with E-state index in [1.54, 1.807) is 32.1 Å². The fourth-order valence-electron chi connectivity index (χ4n) is 9.20. The number of rotatable bonds is 19. The number of nitrogens with one attached hydrogen (secondary N) is 1. The summed E-state index contributed by atoms with van der Waals surface area (Å²) >= 11 is 32.1. The number of ketones is 1. The third kappa shape index (κ3) is 18.9. The van der Waals surface area contributed by atoms with E-state index in [0.717, 1.165) is 104 Å². The number of thiocarbonyl (C=S) groups is 1. The van der Waals surface area contributed by atoms with Crippen molar-refractivity contribution in [2.75, 3.05) is 4.90 Å². The second kappa shape index (κ2) is 32.3. The van der Waals surface area contributed by atoms with Crippen LogP contribution in [0.15, 0.2) is 97.4 Å². The van der Waals surface area contributed by atoms with E-state index in [9.17, 15) is 18.9 Å². The van der Waals surface area contributed by atoms with Crippen LogP contribution in [0.5, 0.6) is 0 Å². The first-order valence-corrected chi connectivity index (χ1v) is 35.1. The van der Waals surface area contributed by atoms with Crippen LogP contribution in [0.2, 0.25) is 5.28 Å². The number of nitrogens with zero attached hydrogens (tertiary/aromatic N) is 6. The highest BCUT2D eigenvalue weighted by Crippen LogP contribution is 2.61. The molecule has 0 bridgehead atoms. The van der Waals surface area contributed by atoms with Gasteiger partial charge in [-0.25, -0.2) is 19.7 Å². The number of aromatic nitrogens is 6. The summed E-state index contributed by atoms with van der Waals surface area (Å²) in [6.07, 6.45) is 11.8. The first-order chi connectivity index (χ1) is 38.5. The smallest absolute Gasteiger partial charge is 0.339 e. The normalized spacial score (nSPS) is 12.5. The van der Waals surface area contributed by atoms with Gasteiger partial charge in [-0.15, -0.1) is 42.4 Å². The number of para-hydroxylation sites is 2. The van der Waals surface area contributed by atoms with Gasteiger partial charge in [-0.3, -0.25) is 18.7 Å². The molecule has 0 fully saturated rings. The maximum absolute atomic E-state index is 12.4. The largest absolute Gasteiger partial charge is 0.389 e. The van der Waals surface area contributed by atoms with E-state index in [2.05, 4.69) is 144 Å². The van der Waals surface area contributed by atoms with Crippen LogP contribution < -0.4 is 16.3 Å². The van der Waals surface area contributed by atoms with Gasteiger partial charge in [-0.1, -0.05) is 112 Å². The number of aromatic amines is 1. The number of thiazole rings is 2. The van der Waals surface area contributed by atoms with Crippen molar-refractivity contribution in [2.45, 2.75) is 163 Å². The van der Waals surface area contributed by atoms with Gasteiger partial charge in [0.2, 0.25) is 11.2 Å². The molecule has 0 saturated heterocycles. The molecule has 0 saturated carbocycles. The lowest BCUT2D eigenvalue weighted by Crippen LogP contribution is -2.33. The summed E-state index contributed by atoms with van der Waals surface area (Å²) in [7, 11) is 0. The van der Waals surface area contributed by atoms with Gasteiger partial charge in [0.05, 0.1) is 39.2 Å². The molecule has 8 rings (SSSR count). The Hall–Kier alpha value is -4.22. The Kier molecular flexibility index (Phi) is 27.7. The first kappa shape index (κ1) is 70.3. The molecule has 12 nitrogen and oxygen atoms in total. The fourth-order valence-corrected chi connectivity index (χ4v) is 13.1. The zero-order chi connectivity index (χ0) is 61.5. The quantitative estimate of drug-likeness (QED) is 0.0347. The Morgan fingerprint density at radius 3 is 1.70 bits per heavy atom. The monoisotopic (exact) mass is 1330 g/mol. The Labute approximate surface area is 525 Å². The van der Waals surface area contributed by atoms with Gasteiger partial charge in [0.15, 0.2) is 0 Å². The maximum atomic E-state index is 12.4. The van der Waals surface area contributed by atoms with Crippen molar-refractivity contribution in [1.82, 2.24) is 29.1 Å². The summed E-state index contributed by atoms with van der Waals surface area (Å²) in [5.41, 5.74) is 16.5. The Bertz CT molecular complexity index is 3460. The van der Waals surface area contributed by atoms with E-state index in [1.807, 2.05) is 96.2 Å². The van der Waals surface area contributed by atoms with Crippen molar-refractivity contribution in [2.24, 2.45) is 11.7 Å². The standard InChI is InChI=1S/C20H24ClN3S.C20H25N3OS.C12H14N2OS.C9H15BrO.Cl3OP/c1-6-7-11-16-17(12(2)3)22-19(25-16)14-9-8-10-15-18(14)23-20(21)24(15)13(4)5;1-6-7-11-16-17(12(2)3)21-19(25-16)14-9-8-10-15-18(14)22-20(24)23(15)13(4)5;1-7(2)14-10-5-3-4-8(12(13)16)9(10)6-11(14)15;1-4-5-6-8(10)9(11)7(2)3;1-5(2,3)4/h6,8-10,12-13H,1,7,11H2,2-5H3;6,8-10,12-13H,1,7,11H2,2-5H3,(H,22,24);3-5,7H,6H2,1-2H3,(H2,13,16);4,7-8H,1,5-6H2,2-3H3;. The first-order valence-electron chi connectivity index (χ1n) is 27.3. The lowest BCUT2D eigenvalue weighted by molar-refractivity contribution is -0.121. The summed E-state index contributed by atoms with van der Waals surface area (Å²) in [5, 5.41) is -0.686. The molecule has 0 spiro atoms. The molecular formula is C61H78BrCl4N8O4PS3. The maximum Gasteiger partial charge on any atom is 0.339 e. The molecule has 1 unspecified atom stereocenters. The predicted molar refractivity (Wildman–Crippen MR) is 361 cm³/mol. The van der Waals surface area contributed by atoms with Crippen molar-refractivity contribution >= 4 is 146 Å². The van der Waals surface area contributed by atoms with Crippen LogP contribution >= 0.6 is 101 Å². The molecule has 1 atom stereocenters. The Balaban J connectivity index is 0.000000238. The van der Waals surface area contributed by atoms with Crippen molar-refractivity contribution in [3.8, 4) is 21.1 Å². The number of amides is 1. The molecule has 4 aromatic heterocycles. The van der Waals surface area contributed by atoms with Crippen LogP contribution in [0.4, 0.5) is 5.69 Å². The number of nitrogens with two attached hydrogens (primary N) is 1. The average Bonchev–Trinajstić information content (AvgIpc) is 4.44. The molecule has 0 radical (unpaired) electrons. The third-order valence-electron chi connectivity index (χ3n) is 12.9. The number of halogens is 5. The molecule has 3 N–H and O–H groups in total. The second-order valence-corrected chi connectivity index (χ2v) is 31.9. The summed E-state index contributed by atoms with van der Waals surface area (Å²) in [6, 6.07) is 18.5. The summed E-state index contributed by atoms with van der Waals surface area (Å²) < 4.78 is 13.4. The summed E-state index contributed by atoms with van der Waals surface area (Å²) in [5.74, 6) is 1.31. The second-order valence-electron chi connectivity index (χ2n) is 21.2. The molecule has 21 heteroatoms. The zero-order valence-corrected chi connectivity index (χ0v) is 56.9. The summed E-state index contributed by atoms with van der Waals surface area (Å²) in [4.78, 5) is 57.9. The number of carbonyl (C=O) groups is 2. The van der Waals surface area contributed by atoms with Crippen molar-refractivity contribution in [3.63, 3.8) is 0 Å². The third-order valence-corrected chi connectivity index (χ3v) is 16.6. The Morgan fingerprint density at radius 1 is 0.744 bits per heavy atom. The highest BCUT2D eigenvalue weighted by atomic mass is 79.9. The van der Waals surface area contributed by atoms with Gasteiger partial charge in [0.1, 0.15) is 26.3 Å². The van der Waals surface area contributed by atoms with Crippen molar-refractivity contribution in [3.05, 3.63) is 141 Å². The number of anilines is 1. The lowest BCUT2D eigenvalue weighted by atomic mass is 10.0. The van der Waals surface area contributed by atoms with Gasteiger partial charge < -0.3 is 20.2 Å². The molecule has 1 amide bonds. The topological polar surface area (TPSA) is 162 Å². The lowest BCUT2D eigenvalue weighted by Gasteiger charge is -2.22. The molecule has 82 heavy (non-hydrogen) atoms. The van der Waals surface area contributed by atoms with Crippen molar-refractivity contribution in [1.29, 1.82) is 0 Å². The van der Waals surface area contributed by atoms with E-state index < -0.39 is 5.20 Å². The van der Waals surface area contributed by atoms with Gasteiger partial charge in [-0.2, -0.15) is 0 Å². The number of hydrogen-bond donors (Lipinski definition) is 2. The molecule has 444 valence electrons. The average molecular weight is 1340 g/mol. The number of H-pyrrole nitrogens is 1. The van der Waals surface area contributed by atoms with Crippen LogP contribution in [0, 0.1) is 5.92 Å². The number of fused-ring (bicyclic) bond motifs is 3. The van der Waals surface area contributed by atoms with Crippen LogP contribution in [0.25, 0.3) is 43.2 Å². The Morgan fingerprint density at radius 2 is 1.23 bits per heavy atom. The molecular weight excluding hydrogens is 1260 g/mol. The number of carbonyl (C=O) groups excluding carboxylic acids is 2. The minimum absolute atomic E-state index is 0.0144. The number of aryl methyl sites for hydroxylation is 2. The van der Waals surface area contributed by atoms with E-state index in [4.69, 9.17) is 39.5 Å². The van der Waals surface area contributed by atoms with Gasteiger partial charge in [-0.05, 0) is 173 Å². The highest BCUT2D eigenvalue weighted by molar-refractivity contribution is 9.10. The van der Waals surface area contributed by atoms with Crippen LogP contribution in [-0.2, 0) is 33.4 Å². The summed E-state index contributed by atoms with van der Waals surface area (Å²) in [6.45, 7) is 36.1. The van der Waals surface area contributed by atoms with Crippen LogP contribution in [-0.4, -0.2) is 56.6 Å². The molecule has 1 aliphatic rings. The highest BCUT2D eigenvalue weighted by Gasteiger charge is 2.31. The molecule has 1 aliphatic heterocycles. The van der Waals surface area contributed by atoms with Gasteiger partial charge in [0, 0.05) is 56.2 Å². The number of Topliss-reactive ketones (excluding diaryl/α,β-unsaturated/α-hetero) is 1. The van der Waals surface area contributed by atoms with Crippen LogP contribution in [0.3, 0.4) is 0 Å². The fraction of sp³-hybridized carbons (Fsp3) is 0.426. The van der Waals surface area contributed by atoms with E-state index in [-0.39, 0.29) is 46.3 Å². The number of alkyl halides is 1. The van der Waals surface area contributed by atoms with Crippen molar-refractivity contribution < 1.29 is 14.2 Å². The number of hydrogen-bond acceptors (Lipinski definition) is 10. The molecule has 7 aromatic rings. The predicted octanol–water partition coefficient (Wildman–Crippen LogP) is 19.3. The zero-order valence-electron chi connectivity index (χ0n) is 49.0. The number of benzene rings is 3. The molecule has 5 heterocycles. The van der Waals surface area contributed by atoms with E-state index in [0.29, 0.717) is 28.5 Å². The molecule has 3 aromatic carbocycles. The minimum atomic E-state index is -3.22. The van der Waals surface area contributed by atoms with Gasteiger partial charge in [0.25, 0.3) is 0 Å². The van der Waals surface area contributed by atoms with Gasteiger partial charge >= 0.3 is 10.9 Å². The molecule has 0 aliphatic carbocycles. The minimum Gasteiger partial charge on any atom is -0.389 e. The number of imidazole rings is 2. The SMILES string of the molecule is C=CCCC(Br)C(=O)C(C)C.C=CCCc1sc(-c2cccc3c2[nH]c(=O)n3C(C)C)nc1C(C)C.C=CCCc1sc(-c2cccc3c2nc(Cl)n3C(C)C)nc1C(C)C.CC(C)N1C(=O)Cc2c(C(N)=S)cccc21.O=P(Cl)(Cl)Cl.